The van der Waals surface area contributed by atoms with Gasteiger partial charge in [0, 0.05) is 21.2 Å². The van der Waals surface area contributed by atoms with Crippen LogP contribution in [0, 0.1) is 0 Å². The normalized spacial score (nSPS) is 10.8. The summed E-state index contributed by atoms with van der Waals surface area (Å²) in [5, 5.41) is 0.291. The number of hydrogen-bond acceptors (Lipinski definition) is 4. The Hall–Kier alpha value is -1.70. The largest absolute Gasteiger partial charge is 0.456 e. The number of esters is 1. The third kappa shape index (κ3) is 3.68. The number of nitrogens with zero attached hydrogens (tertiary/aromatic N) is 2. The fourth-order valence-electron chi connectivity index (χ4n) is 2.07. The molecule has 0 saturated heterocycles. The predicted molar refractivity (Wildman–Crippen MR) is 97.4 cm³/mol. The maximum Gasteiger partial charge on any atom is 0.340 e. The van der Waals surface area contributed by atoms with Crippen LogP contribution in [-0.2, 0) is 11.3 Å². The van der Waals surface area contributed by atoms with Gasteiger partial charge in [-0.25, -0.2) is 9.78 Å². The lowest BCUT2D eigenvalue weighted by Gasteiger charge is -2.07. The van der Waals surface area contributed by atoms with Crippen molar-refractivity contribution >= 4 is 55.1 Å². The van der Waals surface area contributed by atoms with Gasteiger partial charge in [-0.1, -0.05) is 27.5 Å². The minimum atomic E-state index is -0.584. The second-order valence-corrected chi connectivity index (χ2v) is 7.10. The zero-order valence-electron chi connectivity index (χ0n) is 12.0. The van der Waals surface area contributed by atoms with E-state index in [1.807, 2.05) is 0 Å². The van der Waals surface area contributed by atoms with Crippen molar-refractivity contribution in [2.24, 2.45) is 0 Å². The molecule has 24 heavy (non-hydrogen) atoms. The summed E-state index contributed by atoms with van der Waals surface area (Å²) >= 11 is 12.6. The average Bonchev–Trinajstić information content (AvgIpc) is 2.55. The standard InChI is InChI=1S/C16H9Br2ClN2O3/c17-9-1-3-13(19)12(5-9)16(23)24-8-11-6-15(22)21-7-10(18)2-4-14(21)20-11/h1-7H,8H2. The topological polar surface area (TPSA) is 60.7 Å². The SMILES string of the molecule is O=C(OCc1cc(=O)n2cc(Br)ccc2n1)c1cc(Br)ccc1Cl. The number of halogens is 3. The zero-order valence-corrected chi connectivity index (χ0v) is 15.9. The van der Waals surface area contributed by atoms with Gasteiger partial charge in [0.25, 0.3) is 5.56 Å². The number of ether oxygens (including phenoxy) is 1. The molecule has 0 fully saturated rings. The van der Waals surface area contributed by atoms with E-state index in [1.54, 1.807) is 36.5 Å². The number of carbonyl (C=O) groups excluding carboxylic acids is 1. The molecule has 0 spiro atoms. The number of carbonyl (C=O) groups is 1. The molecular formula is C16H9Br2ClN2O3. The Kier molecular flexibility index (Phi) is 5.03. The van der Waals surface area contributed by atoms with E-state index in [9.17, 15) is 9.59 Å². The Balaban J connectivity index is 1.83. The van der Waals surface area contributed by atoms with Crippen LogP contribution in [0.4, 0.5) is 0 Å². The van der Waals surface area contributed by atoms with Gasteiger partial charge in [0.15, 0.2) is 0 Å². The summed E-state index contributed by atoms with van der Waals surface area (Å²) in [6, 6.07) is 9.70. The summed E-state index contributed by atoms with van der Waals surface area (Å²) in [6.07, 6.45) is 1.63. The van der Waals surface area contributed by atoms with Gasteiger partial charge in [-0.3, -0.25) is 9.20 Å². The highest BCUT2D eigenvalue weighted by molar-refractivity contribution is 9.10. The molecule has 2 aromatic heterocycles. The number of hydrogen-bond donors (Lipinski definition) is 0. The molecule has 0 unspecified atom stereocenters. The van der Waals surface area contributed by atoms with Crippen LogP contribution in [0.15, 0.2) is 56.3 Å². The highest BCUT2D eigenvalue weighted by Crippen LogP contribution is 2.22. The number of benzene rings is 1. The predicted octanol–water partition coefficient (Wildman–Crippen LogP) is 4.23. The summed E-state index contributed by atoms with van der Waals surface area (Å²) in [6.45, 7) is -0.122. The van der Waals surface area contributed by atoms with Gasteiger partial charge in [0.2, 0.25) is 0 Å². The first kappa shape index (κ1) is 17.1. The molecule has 0 atom stereocenters. The second-order valence-electron chi connectivity index (χ2n) is 4.86. The second kappa shape index (κ2) is 7.04. The molecule has 5 nitrogen and oxygen atoms in total. The molecule has 0 bridgehead atoms. The number of aromatic nitrogens is 2. The summed E-state index contributed by atoms with van der Waals surface area (Å²) < 4.78 is 8.10. The van der Waals surface area contributed by atoms with Gasteiger partial charge in [-0.15, -0.1) is 0 Å². The van der Waals surface area contributed by atoms with E-state index in [2.05, 4.69) is 36.8 Å². The first-order valence-electron chi connectivity index (χ1n) is 6.74. The van der Waals surface area contributed by atoms with E-state index in [0.29, 0.717) is 20.8 Å². The molecule has 0 aliphatic rings. The molecule has 0 radical (unpaired) electrons. The van der Waals surface area contributed by atoms with Gasteiger partial charge in [0.05, 0.1) is 16.3 Å². The summed E-state index contributed by atoms with van der Waals surface area (Å²) in [4.78, 5) is 28.5. The number of rotatable bonds is 3. The van der Waals surface area contributed by atoms with Crippen LogP contribution >= 0.6 is 43.5 Å². The van der Waals surface area contributed by atoms with Crippen molar-refractivity contribution in [2.75, 3.05) is 0 Å². The molecule has 0 N–H and O–H groups in total. The van der Waals surface area contributed by atoms with E-state index in [0.717, 1.165) is 4.47 Å². The first-order valence-corrected chi connectivity index (χ1v) is 8.70. The van der Waals surface area contributed by atoms with Crippen molar-refractivity contribution in [2.45, 2.75) is 6.61 Å². The minimum Gasteiger partial charge on any atom is -0.456 e. The highest BCUT2D eigenvalue weighted by Gasteiger charge is 2.13. The lowest BCUT2D eigenvalue weighted by Crippen LogP contribution is -2.16. The molecule has 3 rings (SSSR count). The summed E-state index contributed by atoms with van der Waals surface area (Å²) in [5.41, 5.74) is 0.819. The van der Waals surface area contributed by atoms with Crippen LogP contribution in [0.5, 0.6) is 0 Å². The maximum absolute atomic E-state index is 12.1. The quantitative estimate of drug-likeness (QED) is 0.536. The fourth-order valence-corrected chi connectivity index (χ4v) is 2.96. The van der Waals surface area contributed by atoms with Gasteiger partial charge >= 0.3 is 5.97 Å². The summed E-state index contributed by atoms with van der Waals surface area (Å²) in [7, 11) is 0. The van der Waals surface area contributed by atoms with Crippen LogP contribution < -0.4 is 5.56 Å². The van der Waals surface area contributed by atoms with Crippen LogP contribution in [0.1, 0.15) is 16.1 Å². The van der Waals surface area contributed by atoms with E-state index >= 15 is 0 Å². The van der Waals surface area contributed by atoms with E-state index < -0.39 is 5.97 Å². The molecule has 122 valence electrons. The number of pyridine rings is 1. The lowest BCUT2D eigenvalue weighted by molar-refractivity contribution is 0.0468. The molecule has 0 aliphatic heterocycles. The van der Waals surface area contributed by atoms with Crippen LogP contribution in [0.25, 0.3) is 5.65 Å². The first-order chi connectivity index (χ1) is 11.4. The Morgan fingerprint density at radius 1 is 1.17 bits per heavy atom. The maximum atomic E-state index is 12.1. The molecule has 8 heteroatoms. The smallest absolute Gasteiger partial charge is 0.340 e. The molecular weight excluding hydrogens is 463 g/mol. The van der Waals surface area contributed by atoms with Crippen LogP contribution in [0.3, 0.4) is 0 Å². The Morgan fingerprint density at radius 2 is 1.92 bits per heavy atom. The van der Waals surface area contributed by atoms with Crippen LogP contribution in [0.2, 0.25) is 5.02 Å². The van der Waals surface area contributed by atoms with Gasteiger partial charge < -0.3 is 4.74 Å². The Labute approximate surface area is 158 Å². The van der Waals surface area contributed by atoms with Gasteiger partial charge in [-0.05, 0) is 46.3 Å². The Morgan fingerprint density at radius 3 is 2.71 bits per heavy atom. The van der Waals surface area contributed by atoms with E-state index in [1.165, 1.54) is 10.5 Å². The van der Waals surface area contributed by atoms with Gasteiger partial charge in [-0.2, -0.15) is 0 Å². The van der Waals surface area contributed by atoms with Crippen molar-refractivity contribution in [1.82, 2.24) is 9.38 Å². The highest BCUT2D eigenvalue weighted by atomic mass is 79.9. The fraction of sp³-hybridized carbons (Fsp3) is 0.0625. The third-order valence-corrected chi connectivity index (χ3v) is 4.47. The third-order valence-electron chi connectivity index (χ3n) is 3.18. The van der Waals surface area contributed by atoms with Crippen molar-refractivity contribution in [1.29, 1.82) is 0 Å². The van der Waals surface area contributed by atoms with Gasteiger partial charge in [0.1, 0.15) is 12.3 Å². The van der Waals surface area contributed by atoms with Crippen LogP contribution in [-0.4, -0.2) is 15.4 Å². The van der Waals surface area contributed by atoms with Crippen molar-refractivity contribution < 1.29 is 9.53 Å². The average molecular weight is 473 g/mol. The van der Waals surface area contributed by atoms with E-state index in [-0.39, 0.29) is 17.7 Å². The minimum absolute atomic E-state index is 0.122. The van der Waals surface area contributed by atoms with Crippen molar-refractivity contribution in [3.8, 4) is 0 Å². The lowest BCUT2D eigenvalue weighted by atomic mass is 10.2. The molecule has 2 heterocycles. The van der Waals surface area contributed by atoms with Crippen molar-refractivity contribution in [3.63, 3.8) is 0 Å². The molecule has 0 aliphatic carbocycles. The monoisotopic (exact) mass is 470 g/mol. The Bertz CT molecular complexity index is 1000. The molecule has 3 aromatic rings. The van der Waals surface area contributed by atoms with Crippen molar-refractivity contribution in [3.05, 3.63) is 78.2 Å². The zero-order chi connectivity index (χ0) is 17.3. The van der Waals surface area contributed by atoms with E-state index in [4.69, 9.17) is 16.3 Å². The number of fused-ring (bicyclic) bond motifs is 1. The molecule has 0 amide bonds. The molecule has 0 saturated carbocycles. The summed E-state index contributed by atoms with van der Waals surface area (Å²) in [5.74, 6) is -0.584. The molecule has 1 aromatic carbocycles.